The van der Waals surface area contributed by atoms with Gasteiger partial charge in [0.1, 0.15) is 6.10 Å². The van der Waals surface area contributed by atoms with E-state index in [1.807, 2.05) is 26.0 Å². The summed E-state index contributed by atoms with van der Waals surface area (Å²) in [5.41, 5.74) is 5.54. The number of thiophene rings is 1. The van der Waals surface area contributed by atoms with Gasteiger partial charge in [-0.3, -0.25) is 0 Å². The van der Waals surface area contributed by atoms with E-state index >= 15 is 0 Å². The third-order valence-corrected chi connectivity index (χ3v) is 4.02. The van der Waals surface area contributed by atoms with Crippen molar-refractivity contribution in [2.24, 2.45) is 5.73 Å². The number of methoxy groups -OCH3 is 1. The Morgan fingerprint density at radius 2 is 2.18 bits per heavy atom. The van der Waals surface area contributed by atoms with Crippen molar-refractivity contribution >= 4 is 22.9 Å². The Balaban J connectivity index is 2.43. The van der Waals surface area contributed by atoms with Crippen molar-refractivity contribution in [3.63, 3.8) is 0 Å². The maximum Gasteiger partial charge on any atom is 0.104 e. The van der Waals surface area contributed by atoms with Gasteiger partial charge in [0.25, 0.3) is 0 Å². The molecule has 0 fully saturated rings. The second kappa shape index (κ2) is 6.71. The van der Waals surface area contributed by atoms with Crippen LogP contribution in [0.2, 0.25) is 4.34 Å². The first kappa shape index (κ1) is 14.9. The van der Waals surface area contributed by atoms with Gasteiger partial charge in [-0.05, 0) is 32.4 Å². The lowest BCUT2D eigenvalue weighted by molar-refractivity contribution is -0.0250. The standard InChI is InChI=1S/C12H20ClNO2S/c1-12(2,15-3)6-7-16-9(8-14)10-4-5-11(13)17-10/h4-5,9H,6-8,14H2,1-3H3. The Bertz CT molecular complexity index is 341. The van der Waals surface area contributed by atoms with Gasteiger partial charge in [0.2, 0.25) is 0 Å². The van der Waals surface area contributed by atoms with Gasteiger partial charge in [-0.15, -0.1) is 11.3 Å². The van der Waals surface area contributed by atoms with Crippen molar-refractivity contribution in [1.82, 2.24) is 0 Å². The summed E-state index contributed by atoms with van der Waals surface area (Å²) >= 11 is 7.41. The minimum Gasteiger partial charge on any atom is -0.379 e. The molecule has 0 saturated heterocycles. The molecule has 17 heavy (non-hydrogen) atoms. The molecule has 3 nitrogen and oxygen atoms in total. The smallest absolute Gasteiger partial charge is 0.104 e. The van der Waals surface area contributed by atoms with Crippen LogP contribution in [0.3, 0.4) is 0 Å². The fourth-order valence-corrected chi connectivity index (χ4v) is 2.44. The van der Waals surface area contributed by atoms with E-state index in [1.165, 1.54) is 11.3 Å². The highest BCUT2D eigenvalue weighted by Gasteiger charge is 2.18. The quantitative estimate of drug-likeness (QED) is 0.832. The molecular weight excluding hydrogens is 258 g/mol. The molecule has 0 aliphatic carbocycles. The lowest BCUT2D eigenvalue weighted by atomic mass is 10.1. The summed E-state index contributed by atoms with van der Waals surface area (Å²) < 4.78 is 11.9. The fourth-order valence-electron chi connectivity index (χ4n) is 1.32. The largest absolute Gasteiger partial charge is 0.379 e. The zero-order valence-electron chi connectivity index (χ0n) is 10.5. The van der Waals surface area contributed by atoms with Crippen LogP contribution >= 0.6 is 22.9 Å². The maximum atomic E-state index is 5.89. The molecule has 0 bridgehead atoms. The van der Waals surface area contributed by atoms with Crippen LogP contribution < -0.4 is 5.73 Å². The monoisotopic (exact) mass is 277 g/mol. The van der Waals surface area contributed by atoms with Gasteiger partial charge >= 0.3 is 0 Å². The van der Waals surface area contributed by atoms with Gasteiger partial charge in [0.15, 0.2) is 0 Å². The third-order valence-electron chi connectivity index (χ3n) is 2.70. The summed E-state index contributed by atoms with van der Waals surface area (Å²) in [5, 5.41) is 0. The Kier molecular flexibility index (Phi) is 5.89. The van der Waals surface area contributed by atoms with E-state index in [0.717, 1.165) is 15.6 Å². The van der Waals surface area contributed by atoms with Gasteiger partial charge in [0.05, 0.1) is 16.5 Å². The number of halogens is 1. The Morgan fingerprint density at radius 1 is 1.47 bits per heavy atom. The van der Waals surface area contributed by atoms with Gasteiger partial charge in [-0.25, -0.2) is 0 Å². The number of hydrogen-bond acceptors (Lipinski definition) is 4. The van der Waals surface area contributed by atoms with Crippen molar-refractivity contribution in [2.45, 2.75) is 32.0 Å². The van der Waals surface area contributed by atoms with Crippen molar-refractivity contribution in [3.05, 3.63) is 21.3 Å². The van der Waals surface area contributed by atoms with E-state index < -0.39 is 0 Å². The molecule has 0 radical (unpaired) electrons. The van der Waals surface area contributed by atoms with Crippen molar-refractivity contribution in [1.29, 1.82) is 0 Å². The van der Waals surface area contributed by atoms with E-state index in [9.17, 15) is 0 Å². The zero-order valence-corrected chi connectivity index (χ0v) is 12.1. The first-order valence-electron chi connectivity index (χ1n) is 5.60. The highest BCUT2D eigenvalue weighted by Crippen LogP contribution is 2.29. The first-order valence-corrected chi connectivity index (χ1v) is 6.80. The Labute approximate surface area is 112 Å². The molecule has 0 saturated carbocycles. The van der Waals surface area contributed by atoms with Crippen LogP contribution in [-0.4, -0.2) is 25.9 Å². The summed E-state index contributed by atoms with van der Waals surface area (Å²) in [7, 11) is 1.71. The molecule has 0 spiro atoms. The van der Waals surface area contributed by atoms with Crippen LogP contribution in [0.4, 0.5) is 0 Å². The van der Waals surface area contributed by atoms with Gasteiger partial charge in [-0.1, -0.05) is 11.6 Å². The summed E-state index contributed by atoms with van der Waals surface area (Å²) in [6.07, 6.45) is 0.763. The van der Waals surface area contributed by atoms with Crippen molar-refractivity contribution < 1.29 is 9.47 Å². The van der Waals surface area contributed by atoms with Crippen LogP contribution in [0.25, 0.3) is 0 Å². The van der Waals surface area contributed by atoms with E-state index in [4.69, 9.17) is 26.8 Å². The molecule has 1 atom stereocenters. The Morgan fingerprint density at radius 3 is 2.65 bits per heavy atom. The highest BCUT2D eigenvalue weighted by atomic mass is 35.5. The van der Waals surface area contributed by atoms with Gasteiger partial charge in [-0.2, -0.15) is 0 Å². The van der Waals surface area contributed by atoms with Crippen LogP contribution in [0.5, 0.6) is 0 Å². The minimum atomic E-state index is -0.160. The molecule has 1 unspecified atom stereocenters. The topological polar surface area (TPSA) is 44.5 Å². The fraction of sp³-hybridized carbons (Fsp3) is 0.667. The molecule has 1 heterocycles. The third kappa shape index (κ3) is 4.94. The average Bonchev–Trinajstić information content (AvgIpc) is 2.71. The molecule has 1 rings (SSSR count). The van der Waals surface area contributed by atoms with Crippen LogP contribution in [0.1, 0.15) is 31.2 Å². The lowest BCUT2D eigenvalue weighted by Crippen LogP contribution is -2.26. The molecule has 0 aromatic carbocycles. The summed E-state index contributed by atoms with van der Waals surface area (Å²) in [5.74, 6) is 0. The number of rotatable bonds is 7. The van der Waals surface area contributed by atoms with E-state index in [1.54, 1.807) is 7.11 Å². The molecule has 2 N–H and O–H groups in total. The summed E-state index contributed by atoms with van der Waals surface area (Å²) in [6, 6.07) is 3.83. The number of nitrogens with two attached hydrogens (primary N) is 1. The average molecular weight is 278 g/mol. The number of hydrogen-bond donors (Lipinski definition) is 1. The van der Waals surface area contributed by atoms with Gasteiger partial charge < -0.3 is 15.2 Å². The molecule has 0 aliphatic rings. The van der Waals surface area contributed by atoms with E-state index in [-0.39, 0.29) is 11.7 Å². The van der Waals surface area contributed by atoms with Crippen molar-refractivity contribution in [3.8, 4) is 0 Å². The zero-order chi connectivity index (χ0) is 12.9. The summed E-state index contributed by atoms with van der Waals surface area (Å²) in [4.78, 5) is 1.08. The second-order valence-corrected chi connectivity index (χ2v) is 6.20. The maximum absolute atomic E-state index is 5.89. The molecule has 0 amide bonds. The molecule has 98 valence electrons. The predicted molar refractivity (Wildman–Crippen MR) is 72.8 cm³/mol. The number of ether oxygens (including phenoxy) is 2. The SMILES string of the molecule is COC(C)(C)CCOC(CN)c1ccc(Cl)s1. The molecule has 1 aromatic heterocycles. The highest BCUT2D eigenvalue weighted by molar-refractivity contribution is 7.16. The van der Waals surface area contributed by atoms with Gasteiger partial charge in [0, 0.05) is 18.5 Å². The van der Waals surface area contributed by atoms with E-state index in [2.05, 4.69) is 0 Å². The Hall–Kier alpha value is -0.130. The molecule has 0 aliphatic heterocycles. The first-order chi connectivity index (χ1) is 7.98. The minimum absolute atomic E-state index is 0.0693. The van der Waals surface area contributed by atoms with Crippen LogP contribution in [0.15, 0.2) is 12.1 Å². The lowest BCUT2D eigenvalue weighted by Gasteiger charge is -2.24. The van der Waals surface area contributed by atoms with E-state index in [0.29, 0.717) is 13.2 Å². The van der Waals surface area contributed by atoms with Crippen molar-refractivity contribution in [2.75, 3.05) is 20.3 Å². The van der Waals surface area contributed by atoms with Crippen LogP contribution in [-0.2, 0) is 9.47 Å². The molecule has 5 heteroatoms. The second-order valence-electron chi connectivity index (χ2n) is 4.45. The van der Waals surface area contributed by atoms with Crippen LogP contribution in [0, 0.1) is 0 Å². The molecular formula is C12H20ClNO2S. The normalized spacial score (nSPS) is 13.9. The molecule has 1 aromatic rings. The summed E-state index contributed by atoms with van der Waals surface area (Å²) in [6.45, 7) is 5.16. The predicted octanol–water partition coefficient (Wildman–Crippen LogP) is 3.23.